The minimum atomic E-state index is -0.723. The van der Waals surface area contributed by atoms with E-state index in [0.717, 1.165) is 28.3 Å². The monoisotopic (exact) mass is 298 g/mol. The van der Waals surface area contributed by atoms with Crippen LogP contribution in [0.25, 0.3) is 0 Å². The van der Waals surface area contributed by atoms with Gasteiger partial charge in [-0.25, -0.2) is 0 Å². The van der Waals surface area contributed by atoms with Crippen molar-refractivity contribution in [3.05, 3.63) is 48.0 Å². The summed E-state index contributed by atoms with van der Waals surface area (Å²) in [4.78, 5) is 11.0. The van der Waals surface area contributed by atoms with Gasteiger partial charge in [0.1, 0.15) is 0 Å². The topological polar surface area (TPSA) is 85.4 Å². The lowest BCUT2D eigenvalue weighted by atomic mass is 10.1. The van der Waals surface area contributed by atoms with Gasteiger partial charge in [-0.1, -0.05) is 6.07 Å². The number of hydrogen-bond donors (Lipinski definition) is 5. The van der Waals surface area contributed by atoms with Gasteiger partial charge in [0.05, 0.1) is 11.4 Å². The molecule has 0 aliphatic carbocycles. The first-order valence-electron chi connectivity index (χ1n) is 7.06. The molecule has 0 fully saturated rings. The zero-order valence-electron chi connectivity index (χ0n) is 12.2. The second-order valence-corrected chi connectivity index (χ2v) is 5.18. The number of nitrogens with one attached hydrogen (secondary N) is 4. The number of benzene rings is 2. The van der Waals surface area contributed by atoms with Crippen molar-refractivity contribution >= 4 is 28.7 Å². The van der Waals surface area contributed by atoms with Crippen molar-refractivity contribution in [3.8, 4) is 0 Å². The van der Waals surface area contributed by atoms with Gasteiger partial charge >= 0.3 is 0 Å². The fourth-order valence-corrected chi connectivity index (χ4v) is 2.36. The molecule has 3 rings (SSSR count). The Bertz CT molecular complexity index is 685. The predicted octanol–water partition coefficient (Wildman–Crippen LogP) is 2.37. The Hall–Kier alpha value is -2.73. The molecule has 114 valence electrons. The number of carbonyl (C=O) groups is 1. The van der Waals surface area contributed by atoms with Crippen LogP contribution in [0.4, 0.5) is 22.7 Å². The Balaban J connectivity index is 1.61. The molecule has 1 amide bonds. The second kappa shape index (κ2) is 5.95. The molecule has 6 nitrogen and oxygen atoms in total. The molecule has 0 saturated heterocycles. The third kappa shape index (κ3) is 3.29. The molecule has 1 aliphatic heterocycles. The predicted molar refractivity (Wildman–Crippen MR) is 87.8 cm³/mol. The fraction of sp³-hybridized carbons (Fsp3) is 0.188. The number of aliphatic hydroxyl groups excluding tert-OH is 1. The number of carbonyl (C=O) groups excluding carboxylic acids is 1. The van der Waals surface area contributed by atoms with Crippen LogP contribution in [0.15, 0.2) is 42.5 Å². The summed E-state index contributed by atoms with van der Waals surface area (Å²) in [5.41, 5.74) is 4.65. The molecular formula is C16H18N4O2. The van der Waals surface area contributed by atoms with Crippen LogP contribution in [0.5, 0.6) is 0 Å². The number of fused-ring (bicyclic) bond motifs is 1. The van der Waals surface area contributed by atoms with Crippen LogP contribution in [0.1, 0.15) is 12.5 Å². The van der Waals surface area contributed by atoms with E-state index < -0.39 is 6.35 Å². The quantitative estimate of drug-likeness (QED) is 0.598. The summed E-state index contributed by atoms with van der Waals surface area (Å²) in [6.45, 7) is 2.16. The highest BCUT2D eigenvalue weighted by molar-refractivity contribution is 5.88. The highest BCUT2D eigenvalue weighted by Crippen LogP contribution is 2.29. The molecule has 1 atom stereocenters. The van der Waals surface area contributed by atoms with Crippen molar-refractivity contribution in [1.82, 2.24) is 0 Å². The molecule has 5 N–H and O–H groups in total. The largest absolute Gasteiger partial charge is 0.381 e. The molecule has 22 heavy (non-hydrogen) atoms. The van der Waals surface area contributed by atoms with Crippen molar-refractivity contribution < 1.29 is 9.90 Å². The summed E-state index contributed by atoms with van der Waals surface area (Å²) in [6.07, 6.45) is -0.723. The zero-order valence-corrected chi connectivity index (χ0v) is 12.2. The number of amides is 1. The molecule has 0 aromatic heterocycles. The van der Waals surface area contributed by atoms with E-state index in [2.05, 4.69) is 21.3 Å². The van der Waals surface area contributed by atoms with Gasteiger partial charge in [-0.2, -0.15) is 0 Å². The molecule has 0 saturated carbocycles. The van der Waals surface area contributed by atoms with Crippen molar-refractivity contribution in [1.29, 1.82) is 0 Å². The molecule has 2 aromatic carbocycles. The molecular weight excluding hydrogens is 280 g/mol. The molecule has 1 unspecified atom stereocenters. The number of hydrogen-bond acceptors (Lipinski definition) is 5. The Kier molecular flexibility index (Phi) is 3.84. The maximum atomic E-state index is 11.0. The third-order valence-electron chi connectivity index (χ3n) is 3.37. The van der Waals surface area contributed by atoms with Gasteiger partial charge in [-0.3, -0.25) is 4.79 Å². The third-order valence-corrected chi connectivity index (χ3v) is 3.37. The summed E-state index contributed by atoms with van der Waals surface area (Å²) >= 11 is 0. The van der Waals surface area contributed by atoms with Crippen molar-refractivity contribution in [3.63, 3.8) is 0 Å². The van der Waals surface area contributed by atoms with Gasteiger partial charge in [-0.15, -0.1) is 0 Å². The lowest BCUT2D eigenvalue weighted by molar-refractivity contribution is -0.114. The van der Waals surface area contributed by atoms with Gasteiger partial charge in [-0.05, 0) is 42.0 Å². The smallest absolute Gasteiger partial charge is 0.221 e. The van der Waals surface area contributed by atoms with Crippen LogP contribution < -0.4 is 21.3 Å². The summed E-state index contributed by atoms with van der Waals surface area (Å²) in [7, 11) is 0. The Morgan fingerprint density at radius 3 is 2.50 bits per heavy atom. The van der Waals surface area contributed by atoms with E-state index >= 15 is 0 Å². The van der Waals surface area contributed by atoms with E-state index in [1.165, 1.54) is 6.92 Å². The molecule has 0 bridgehead atoms. The van der Waals surface area contributed by atoms with Gasteiger partial charge in [0.2, 0.25) is 12.3 Å². The molecule has 2 aromatic rings. The average molecular weight is 298 g/mol. The van der Waals surface area contributed by atoms with E-state index in [0.29, 0.717) is 6.54 Å². The maximum Gasteiger partial charge on any atom is 0.221 e. The lowest BCUT2D eigenvalue weighted by Crippen LogP contribution is -2.20. The molecule has 1 heterocycles. The van der Waals surface area contributed by atoms with Crippen LogP contribution in [0, 0.1) is 0 Å². The molecule has 1 aliphatic rings. The van der Waals surface area contributed by atoms with E-state index in [1.807, 2.05) is 42.5 Å². The maximum absolute atomic E-state index is 11.0. The van der Waals surface area contributed by atoms with Crippen LogP contribution in [-0.2, 0) is 11.3 Å². The SMILES string of the molecule is CC(=O)Nc1ccc(NCc2ccc3c(c2)NC(O)N3)cc1. The minimum absolute atomic E-state index is 0.0813. The highest BCUT2D eigenvalue weighted by atomic mass is 16.3. The van der Waals surface area contributed by atoms with E-state index in [1.54, 1.807) is 0 Å². The number of aliphatic hydroxyl groups is 1. The minimum Gasteiger partial charge on any atom is -0.381 e. The van der Waals surface area contributed by atoms with Crippen LogP contribution in [0.3, 0.4) is 0 Å². The first-order chi connectivity index (χ1) is 10.6. The molecule has 0 radical (unpaired) electrons. The van der Waals surface area contributed by atoms with Gasteiger partial charge < -0.3 is 26.4 Å². The van der Waals surface area contributed by atoms with Crippen LogP contribution in [-0.4, -0.2) is 17.4 Å². The van der Waals surface area contributed by atoms with Crippen molar-refractivity contribution in [2.24, 2.45) is 0 Å². The summed E-state index contributed by atoms with van der Waals surface area (Å²) in [5, 5.41) is 21.4. The zero-order chi connectivity index (χ0) is 15.5. The standard InChI is InChI=1S/C16H18N4O2/c1-10(21)18-13-5-3-12(4-6-13)17-9-11-2-7-14-15(8-11)20-16(22)19-14/h2-8,16-17,19-20,22H,9H2,1H3,(H,18,21). The van der Waals surface area contributed by atoms with Crippen LogP contribution in [0.2, 0.25) is 0 Å². The Labute approximate surface area is 128 Å². The Morgan fingerprint density at radius 2 is 1.77 bits per heavy atom. The average Bonchev–Trinajstić information content (AvgIpc) is 2.85. The Morgan fingerprint density at radius 1 is 1.09 bits per heavy atom. The molecule has 0 spiro atoms. The van der Waals surface area contributed by atoms with E-state index in [-0.39, 0.29) is 5.91 Å². The van der Waals surface area contributed by atoms with Gasteiger partial charge in [0, 0.05) is 24.8 Å². The first kappa shape index (κ1) is 14.2. The van der Waals surface area contributed by atoms with Gasteiger partial charge in [0.25, 0.3) is 0 Å². The summed E-state index contributed by atoms with van der Waals surface area (Å²) < 4.78 is 0. The summed E-state index contributed by atoms with van der Waals surface area (Å²) in [5.74, 6) is -0.0813. The number of rotatable bonds is 4. The first-order valence-corrected chi connectivity index (χ1v) is 7.06. The summed E-state index contributed by atoms with van der Waals surface area (Å²) in [6, 6.07) is 13.5. The number of anilines is 4. The second-order valence-electron chi connectivity index (χ2n) is 5.18. The van der Waals surface area contributed by atoms with Crippen molar-refractivity contribution in [2.75, 3.05) is 21.3 Å². The van der Waals surface area contributed by atoms with E-state index in [4.69, 9.17) is 0 Å². The normalized spacial score (nSPS) is 15.5. The lowest BCUT2D eigenvalue weighted by Gasteiger charge is -2.09. The fourth-order valence-electron chi connectivity index (χ4n) is 2.36. The van der Waals surface area contributed by atoms with Crippen LogP contribution >= 0.6 is 0 Å². The van der Waals surface area contributed by atoms with Crippen molar-refractivity contribution in [2.45, 2.75) is 19.8 Å². The molecule has 6 heteroatoms. The van der Waals surface area contributed by atoms with Gasteiger partial charge in [0.15, 0.2) is 0 Å². The van der Waals surface area contributed by atoms with E-state index in [9.17, 15) is 9.90 Å². The highest BCUT2D eigenvalue weighted by Gasteiger charge is 2.16.